The van der Waals surface area contributed by atoms with Crippen LogP contribution < -0.4 is 5.32 Å². The van der Waals surface area contributed by atoms with Crippen LogP contribution in [0.3, 0.4) is 0 Å². The van der Waals surface area contributed by atoms with E-state index >= 15 is 0 Å². The summed E-state index contributed by atoms with van der Waals surface area (Å²) in [7, 11) is 0. The van der Waals surface area contributed by atoms with Crippen molar-refractivity contribution < 1.29 is 4.79 Å². The molecule has 4 aromatic rings. The zero-order chi connectivity index (χ0) is 19.5. The second-order valence-corrected chi connectivity index (χ2v) is 6.87. The minimum absolute atomic E-state index is 0.119. The van der Waals surface area contributed by atoms with Crippen molar-refractivity contribution in [2.24, 2.45) is 0 Å². The first kappa shape index (κ1) is 17.9. The second kappa shape index (κ2) is 7.64. The molecule has 0 fully saturated rings. The molecular weight excluding hydrogens is 348 g/mol. The molecule has 0 spiro atoms. The zero-order valence-electron chi connectivity index (χ0n) is 16.0. The summed E-state index contributed by atoms with van der Waals surface area (Å²) in [5, 5.41) is 9.72. The third kappa shape index (κ3) is 3.51. The number of hydrogen-bond donors (Lipinski definition) is 1. The van der Waals surface area contributed by atoms with E-state index in [2.05, 4.69) is 39.7 Å². The molecule has 5 nitrogen and oxygen atoms in total. The summed E-state index contributed by atoms with van der Waals surface area (Å²) in [5.74, 6) is 0.432. The number of nitrogens with one attached hydrogen (secondary N) is 1. The molecule has 1 amide bonds. The van der Waals surface area contributed by atoms with Gasteiger partial charge in [0.25, 0.3) is 0 Å². The molecule has 4 rings (SSSR count). The molecule has 2 heterocycles. The molecule has 0 bridgehead atoms. The van der Waals surface area contributed by atoms with Gasteiger partial charge >= 0.3 is 0 Å². The fraction of sp³-hybridized carbons (Fsp3) is 0.174. The molecule has 0 saturated heterocycles. The van der Waals surface area contributed by atoms with Crippen LogP contribution >= 0.6 is 0 Å². The van der Waals surface area contributed by atoms with Crippen LogP contribution in [0.5, 0.6) is 0 Å². The van der Waals surface area contributed by atoms with E-state index in [0.29, 0.717) is 12.2 Å². The Labute approximate surface area is 164 Å². The third-order valence-electron chi connectivity index (χ3n) is 4.87. The summed E-state index contributed by atoms with van der Waals surface area (Å²) in [4.78, 5) is 17.0. The minimum atomic E-state index is -0.396. The lowest BCUT2D eigenvalue weighted by atomic mass is 10.0. The number of rotatable bonds is 5. The first-order chi connectivity index (χ1) is 13.7. The van der Waals surface area contributed by atoms with E-state index in [4.69, 9.17) is 0 Å². The summed E-state index contributed by atoms with van der Waals surface area (Å²) in [6.45, 7) is 3.94. The molecule has 0 radical (unpaired) electrons. The number of nitrogens with zero attached hydrogens (tertiary/aromatic N) is 3. The van der Waals surface area contributed by atoms with Gasteiger partial charge in [-0.25, -0.2) is 4.98 Å². The molecule has 2 aromatic carbocycles. The van der Waals surface area contributed by atoms with Crippen molar-refractivity contribution in [2.45, 2.75) is 26.3 Å². The van der Waals surface area contributed by atoms with Gasteiger partial charge in [0.05, 0.1) is 6.20 Å². The van der Waals surface area contributed by atoms with Gasteiger partial charge in [0.2, 0.25) is 5.91 Å². The molecule has 28 heavy (non-hydrogen) atoms. The molecule has 5 heteroatoms. The van der Waals surface area contributed by atoms with Crippen molar-refractivity contribution in [3.05, 3.63) is 78.8 Å². The van der Waals surface area contributed by atoms with E-state index in [1.165, 1.54) is 10.8 Å². The lowest BCUT2D eigenvalue weighted by Gasteiger charge is -2.15. The van der Waals surface area contributed by atoms with Crippen LogP contribution in [0.15, 0.2) is 73.2 Å². The van der Waals surface area contributed by atoms with Crippen molar-refractivity contribution in [3.63, 3.8) is 0 Å². The Morgan fingerprint density at radius 3 is 2.68 bits per heavy atom. The van der Waals surface area contributed by atoms with E-state index < -0.39 is 6.04 Å². The Hall–Kier alpha value is -3.47. The summed E-state index contributed by atoms with van der Waals surface area (Å²) >= 11 is 0. The number of pyridine rings is 1. The highest BCUT2D eigenvalue weighted by Crippen LogP contribution is 2.29. The standard InChI is InChI=1S/C23H22N4O/c1-3-21(23(28)26-22-12-11-16(2)13-24-22)27-15-18(14-25-27)20-10-6-8-17-7-4-5-9-19(17)20/h4-15,21H,3H2,1-2H3,(H,24,26,28). The summed E-state index contributed by atoms with van der Waals surface area (Å²) in [5.41, 5.74) is 3.16. The van der Waals surface area contributed by atoms with Crippen LogP contribution in [0.2, 0.25) is 0 Å². The number of carbonyl (C=O) groups excluding carboxylic acids is 1. The lowest BCUT2D eigenvalue weighted by Crippen LogP contribution is -2.26. The van der Waals surface area contributed by atoms with Gasteiger partial charge in [-0.15, -0.1) is 0 Å². The predicted molar refractivity (Wildman–Crippen MR) is 112 cm³/mol. The van der Waals surface area contributed by atoms with Crippen LogP contribution in [0.25, 0.3) is 21.9 Å². The Morgan fingerprint density at radius 1 is 1.07 bits per heavy atom. The number of benzene rings is 2. The second-order valence-electron chi connectivity index (χ2n) is 6.87. The van der Waals surface area contributed by atoms with Gasteiger partial charge in [-0.1, -0.05) is 55.5 Å². The Kier molecular flexibility index (Phi) is 4.89. The molecule has 0 aliphatic heterocycles. The molecular formula is C23H22N4O. The van der Waals surface area contributed by atoms with Crippen molar-refractivity contribution in [3.8, 4) is 11.1 Å². The molecule has 0 aliphatic carbocycles. The average molecular weight is 370 g/mol. The quantitative estimate of drug-likeness (QED) is 0.538. The number of aryl methyl sites for hydroxylation is 1. The molecule has 0 saturated carbocycles. The number of amides is 1. The van der Waals surface area contributed by atoms with Crippen molar-refractivity contribution in [1.82, 2.24) is 14.8 Å². The van der Waals surface area contributed by atoms with E-state index in [-0.39, 0.29) is 5.91 Å². The largest absolute Gasteiger partial charge is 0.309 e. The maximum atomic E-state index is 12.8. The van der Waals surface area contributed by atoms with Crippen LogP contribution in [-0.2, 0) is 4.79 Å². The number of aromatic nitrogens is 3. The number of anilines is 1. The van der Waals surface area contributed by atoms with E-state index in [9.17, 15) is 4.79 Å². The fourth-order valence-corrected chi connectivity index (χ4v) is 3.37. The molecule has 1 N–H and O–H groups in total. The third-order valence-corrected chi connectivity index (χ3v) is 4.87. The van der Waals surface area contributed by atoms with Gasteiger partial charge in [0.15, 0.2) is 0 Å². The highest BCUT2D eigenvalue weighted by molar-refractivity contribution is 5.96. The van der Waals surface area contributed by atoms with E-state index in [1.54, 1.807) is 10.9 Å². The zero-order valence-corrected chi connectivity index (χ0v) is 16.0. The van der Waals surface area contributed by atoms with E-state index in [1.807, 2.05) is 56.6 Å². The van der Waals surface area contributed by atoms with Gasteiger partial charge in [-0.05, 0) is 41.3 Å². The van der Waals surface area contributed by atoms with E-state index in [0.717, 1.165) is 16.7 Å². The van der Waals surface area contributed by atoms with Crippen molar-refractivity contribution >= 4 is 22.5 Å². The molecule has 0 aliphatic rings. The van der Waals surface area contributed by atoms with Gasteiger partial charge in [0.1, 0.15) is 11.9 Å². The highest BCUT2D eigenvalue weighted by atomic mass is 16.2. The van der Waals surface area contributed by atoms with Crippen LogP contribution in [0.1, 0.15) is 24.9 Å². The summed E-state index contributed by atoms with van der Waals surface area (Å²) < 4.78 is 1.74. The average Bonchev–Trinajstić information content (AvgIpc) is 3.19. The topological polar surface area (TPSA) is 59.8 Å². The van der Waals surface area contributed by atoms with Crippen LogP contribution in [0.4, 0.5) is 5.82 Å². The normalized spacial score (nSPS) is 12.1. The van der Waals surface area contributed by atoms with Crippen molar-refractivity contribution in [2.75, 3.05) is 5.32 Å². The maximum absolute atomic E-state index is 12.8. The summed E-state index contributed by atoms with van der Waals surface area (Å²) in [6.07, 6.45) is 6.14. The van der Waals surface area contributed by atoms with Crippen LogP contribution in [-0.4, -0.2) is 20.7 Å². The molecule has 140 valence electrons. The highest BCUT2D eigenvalue weighted by Gasteiger charge is 2.20. The number of hydrogen-bond acceptors (Lipinski definition) is 3. The SMILES string of the molecule is CCC(C(=O)Nc1ccc(C)cn1)n1cc(-c2cccc3ccccc23)cn1. The molecule has 2 aromatic heterocycles. The molecule has 1 unspecified atom stereocenters. The predicted octanol–water partition coefficient (Wildman–Crippen LogP) is 5.00. The smallest absolute Gasteiger partial charge is 0.250 e. The Bertz CT molecular complexity index is 1110. The van der Waals surface area contributed by atoms with Gasteiger partial charge in [0, 0.05) is 18.0 Å². The summed E-state index contributed by atoms with van der Waals surface area (Å²) in [6, 6.07) is 17.8. The minimum Gasteiger partial charge on any atom is -0.309 e. The van der Waals surface area contributed by atoms with Crippen molar-refractivity contribution in [1.29, 1.82) is 0 Å². The number of carbonyl (C=O) groups is 1. The Morgan fingerprint density at radius 2 is 1.89 bits per heavy atom. The van der Waals surface area contributed by atoms with Gasteiger partial charge < -0.3 is 5.32 Å². The van der Waals surface area contributed by atoms with Gasteiger partial charge in [-0.2, -0.15) is 5.10 Å². The first-order valence-electron chi connectivity index (χ1n) is 9.41. The maximum Gasteiger partial charge on any atom is 0.250 e. The fourth-order valence-electron chi connectivity index (χ4n) is 3.37. The van der Waals surface area contributed by atoms with Crippen LogP contribution in [0, 0.1) is 6.92 Å². The lowest BCUT2D eigenvalue weighted by molar-refractivity contribution is -0.119. The first-order valence-corrected chi connectivity index (χ1v) is 9.41. The monoisotopic (exact) mass is 370 g/mol. The Balaban J connectivity index is 1.61. The number of fused-ring (bicyclic) bond motifs is 1. The van der Waals surface area contributed by atoms with Gasteiger partial charge in [-0.3, -0.25) is 9.48 Å². The molecule has 1 atom stereocenters.